The summed E-state index contributed by atoms with van der Waals surface area (Å²) in [5.74, 6) is 1.05. The van der Waals surface area contributed by atoms with E-state index < -0.39 is 0 Å². The molecule has 1 heterocycles. The van der Waals surface area contributed by atoms with Crippen molar-refractivity contribution < 1.29 is 4.42 Å². The number of nitrogens with one attached hydrogen (secondary N) is 1. The molecule has 1 N–H and O–H groups in total. The third-order valence-corrected chi connectivity index (χ3v) is 4.49. The van der Waals surface area contributed by atoms with Crippen LogP contribution in [0, 0.1) is 0 Å². The summed E-state index contributed by atoms with van der Waals surface area (Å²) in [5, 5.41) is 3.68. The first-order valence-corrected chi connectivity index (χ1v) is 8.12. The molecule has 0 bridgehead atoms. The van der Waals surface area contributed by atoms with E-state index in [1.54, 1.807) is 17.4 Å². The van der Waals surface area contributed by atoms with Crippen LogP contribution >= 0.6 is 0 Å². The molecule has 0 spiro atoms. The summed E-state index contributed by atoms with van der Waals surface area (Å²) in [5.41, 5.74) is 4.52. The molecule has 1 aliphatic carbocycles. The second kappa shape index (κ2) is 6.48. The van der Waals surface area contributed by atoms with Gasteiger partial charge in [-0.3, -0.25) is 0 Å². The lowest BCUT2D eigenvalue weighted by Crippen LogP contribution is -2.30. The Bertz CT molecular complexity index is 573. The molecule has 0 radical (unpaired) electrons. The number of furan rings is 1. The third kappa shape index (κ3) is 3.56. The van der Waals surface area contributed by atoms with E-state index in [4.69, 9.17) is 4.42 Å². The van der Waals surface area contributed by atoms with Crippen molar-refractivity contribution in [2.45, 2.75) is 58.0 Å². The topological polar surface area (TPSA) is 25.2 Å². The van der Waals surface area contributed by atoms with Crippen molar-refractivity contribution >= 4 is 0 Å². The smallest absolute Gasteiger partial charge is 0.105 e. The van der Waals surface area contributed by atoms with Crippen molar-refractivity contribution in [3.05, 3.63) is 59.0 Å². The summed E-state index contributed by atoms with van der Waals surface area (Å²) in [6, 6.07) is 11.8. The number of aryl methyl sites for hydroxylation is 2. The van der Waals surface area contributed by atoms with Crippen molar-refractivity contribution in [1.29, 1.82) is 0 Å². The van der Waals surface area contributed by atoms with Crippen LogP contribution < -0.4 is 5.32 Å². The van der Waals surface area contributed by atoms with Gasteiger partial charge < -0.3 is 9.73 Å². The number of hydrogen-bond acceptors (Lipinski definition) is 2. The van der Waals surface area contributed by atoms with Crippen LogP contribution in [0.5, 0.6) is 0 Å². The third-order valence-electron chi connectivity index (χ3n) is 4.49. The van der Waals surface area contributed by atoms with Crippen LogP contribution in [-0.2, 0) is 19.3 Å². The fraction of sp³-hybridized carbons (Fsp3) is 0.474. The molecule has 2 aromatic rings. The van der Waals surface area contributed by atoms with Gasteiger partial charge in [0.1, 0.15) is 5.76 Å². The maximum absolute atomic E-state index is 5.43. The van der Waals surface area contributed by atoms with E-state index in [-0.39, 0.29) is 0 Å². The molecule has 112 valence electrons. The number of hydrogen-bond donors (Lipinski definition) is 1. The van der Waals surface area contributed by atoms with Crippen LogP contribution in [0.3, 0.4) is 0 Å². The summed E-state index contributed by atoms with van der Waals surface area (Å²) in [6.45, 7) is 4.47. The highest BCUT2D eigenvalue weighted by Gasteiger charge is 2.14. The molecule has 0 fully saturated rings. The number of benzene rings is 1. The summed E-state index contributed by atoms with van der Waals surface area (Å²) in [7, 11) is 0. The fourth-order valence-electron chi connectivity index (χ4n) is 3.34. The van der Waals surface area contributed by atoms with Crippen molar-refractivity contribution in [2.75, 3.05) is 0 Å². The number of fused-ring (bicyclic) bond motifs is 1. The molecule has 0 aliphatic heterocycles. The standard InChI is InChI=1S/C19H25NO/c1-14(12-19-8-5-11-21-19)20-15(2)17-10-9-16-6-3-4-7-18(16)13-17/h5,8-11,13-15,20H,3-4,6-7,12H2,1-2H3. The maximum Gasteiger partial charge on any atom is 0.105 e. The second-order valence-corrected chi connectivity index (χ2v) is 6.31. The maximum atomic E-state index is 5.43. The Kier molecular flexibility index (Phi) is 4.45. The molecule has 0 amide bonds. The number of rotatable bonds is 5. The summed E-state index contributed by atoms with van der Waals surface area (Å²) < 4.78 is 5.43. The largest absolute Gasteiger partial charge is 0.469 e. The zero-order chi connectivity index (χ0) is 14.7. The Morgan fingerprint density at radius 1 is 1.10 bits per heavy atom. The highest BCUT2D eigenvalue weighted by atomic mass is 16.3. The minimum atomic E-state index is 0.377. The van der Waals surface area contributed by atoms with Crippen molar-refractivity contribution in [2.24, 2.45) is 0 Å². The molecular weight excluding hydrogens is 258 g/mol. The molecule has 2 unspecified atom stereocenters. The van der Waals surface area contributed by atoms with Crippen LogP contribution in [0.4, 0.5) is 0 Å². The Hall–Kier alpha value is -1.54. The quantitative estimate of drug-likeness (QED) is 0.877. The van der Waals surface area contributed by atoms with Crippen LogP contribution in [0.25, 0.3) is 0 Å². The molecule has 2 heteroatoms. The zero-order valence-corrected chi connectivity index (χ0v) is 13.1. The van der Waals surface area contributed by atoms with Crippen molar-refractivity contribution in [3.8, 4) is 0 Å². The van der Waals surface area contributed by atoms with E-state index in [0.29, 0.717) is 12.1 Å². The Morgan fingerprint density at radius 2 is 1.90 bits per heavy atom. The van der Waals surface area contributed by atoms with Crippen molar-refractivity contribution in [1.82, 2.24) is 5.32 Å². The molecule has 3 rings (SSSR count). The van der Waals surface area contributed by atoms with Crippen molar-refractivity contribution in [3.63, 3.8) is 0 Å². The molecule has 1 aliphatic rings. The highest BCUT2D eigenvalue weighted by Crippen LogP contribution is 2.25. The lowest BCUT2D eigenvalue weighted by molar-refractivity contribution is 0.428. The first-order valence-electron chi connectivity index (χ1n) is 8.12. The van der Waals surface area contributed by atoms with Gasteiger partial charge in [-0.1, -0.05) is 18.2 Å². The van der Waals surface area contributed by atoms with Gasteiger partial charge >= 0.3 is 0 Å². The molecular formula is C19H25NO. The van der Waals surface area contributed by atoms with E-state index in [9.17, 15) is 0 Å². The monoisotopic (exact) mass is 283 g/mol. The average Bonchev–Trinajstić information content (AvgIpc) is 2.99. The van der Waals surface area contributed by atoms with Gasteiger partial charge in [-0.15, -0.1) is 0 Å². The van der Waals surface area contributed by atoms with E-state index in [2.05, 4.69) is 37.4 Å². The lowest BCUT2D eigenvalue weighted by Gasteiger charge is -2.22. The Morgan fingerprint density at radius 3 is 2.67 bits per heavy atom. The van der Waals surface area contributed by atoms with Gasteiger partial charge in [-0.25, -0.2) is 0 Å². The molecule has 1 aromatic heterocycles. The van der Waals surface area contributed by atoms with E-state index in [1.165, 1.54) is 31.2 Å². The SMILES string of the molecule is CC(Cc1ccco1)NC(C)c1ccc2c(c1)CCCC2. The van der Waals surface area contributed by atoms with E-state index in [1.807, 2.05) is 12.1 Å². The predicted molar refractivity (Wildman–Crippen MR) is 86.5 cm³/mol. The zero-order valence-electron chi connectivity index (χ0n) is 13.1. The van der Waals surface area contributed by atoms with Gasteiger partial charge in [0.25, 0.3) is 0 Å². The van der Waals surface area contributed by atoms with Gasteiger partial charge in [0.05, 0.1) is 6.26 Å². The van der Waals surface area contributed by atoms with Gasteiger partial charge in [0.15, 0.2) is 0 Å². The fourth-order valence-corrected chi connectivity index (χ4v) is 3.34. The second-order valence-electron chi connectivity index (χ2n) is 6.31. The molecule has 2 atom stereocenters. The molecule has 1 aromatic carbocycles. The summed E-state index contributed by atoms with van der Waals surface area (Å²) in [4.78, 5) is 0. The lowest BCUT2D eigenvalue weighted by atomic mass is 9.89. The van der Waals surface area contributed by atoms with E-state index in [0.717, 1.165) is 12.2 Å². The average molecular weight is 283 g/mol. The predicted octanol–water partition coefficient (Wildman–Crippen LogP) is 4.44. The van der Waals surface area contributed by atoms with Gasteiger partial charge in [-0.05, 0) is 68.4 Å². The molecule has 0 saturated heterocycles. The van der Waals surface area contributed by atoms with Crippen LogP contribution in [0.2, 0.25) is 0 Å². The Balaban J connectivity index is 1.63. The van der Waals surface area contributed by atoms with Gasteiger partial charge in [-0.2, -0.15) is 0 Å². The van der Waals surface area contributed by atoms with Crippen LogP contribution in [0.15, 0.2) is 41.0 Å². The summed E-state index contributed by atoms with van der Waals surface area (Å²) in [6.07, 6.45) is 7.87. The normalized spacial score (nSPS) is 17.2. The van der Waals surface area contributed by atoms with Gasteiger partial charge in [0, 0.05) is 18.5 Å². The Labute approximate surface area is 127 Å². The molecule has 2 nitrogen and oxygen atoms in total. The first kappa shape index (κ1) is 14.4. The molecule has 0 saturated carbocycles. The highest BCUT2D eigenvalue weighted by molar-refractivity contribution is 5.35. The minimum Gasteiger partial charge on any atom is -0.469 e. The minimum absolute atomic E-state index is 0.377. The van der Waals surface area contributed by atoms with Crippen LogP contribution in [0.1, 0.15) is 55.2 Å². The van der Waals surface area contributed by atoms with Crippen LogP contribution in [-0.4, -0.2) is 6.04 Å². The summed E-state index contributed by atoms with van der Waals surface area (Å²) >= 11 is 0. The molecule has 21 heavy (non-hydrogen) atoms. The van der Waals surface area contributed by atoms with Gasteiger partial charge in [0.2, 0.25) is 0 Å². The van der Waals surface area contributed by atoms with E-state index >= 15 is 0 Å². The first-order chi connectivity index (χ1) is 10.2.